The number of hydrogen-bond acceptors (Lipinski definition) is 7. The van der Waals surface area contributed by atoms with Gasteiger partial charge < -0.3 is 21.4 Å². The number of benzene rings is 1. The molecule has 1 fully saturated rings. The normalized spacial score (nSPS) is 17.9. The third-order valence-corrected chi connectivity index (χ3v) is 6.72. The van der Waals surface area contributed by atoms with Gasteiger partial charge in [-0.2, -0.15) is 0 Å². The highest BCUT2D eigenvalue weighted by atomic mass is 16.1. The number of nitrogen functional groups attached to an aromatic ring is 1. The Morgan fingerprint density at radius 1 is 1.17 bits per heavy atom. The van der Waals surface area contributed by atoms with Crippen molar-refractivity contribution in [1.82, 2.24) is 30.2 Å². The summed E-state index contributed by atoms with van der Waals surface area (Å²) in [5.74, 6) is 8.57. The van der Waals surface area contributed by atoms with E-state index in [1.54, 1.807) is 19.3 Å². The molecular weight excluding hydrogens is 440 g/mol. The van der Waals surface area contributed by atoms with Gasteiger partial charge in [0.2, 0.25) is 11.9 Å². The molecule has 0 radical (unpaired) electrons. The van der Waals surface area contributed by atoms with E-state index in [1.807, 2.05) is 18.3 Å². The second-order valence-corrected chi connectivity index (χ2v) is 9.12. The lowest BCUT2D eigenvalue weighted by atomic mass is 9.82. The van der Waals surface area contributed by atoms with E-state index in [-0.39, 0.29) is 11.5 Å². The van der Waals surface area contributed by atoms with Gasteiger partial charge in [0.05, 0.1) is 21.9 Å². The highest BCUT2D eigenvalue weighted by Gasteiger charge is 2.20. The Labute approximate surface area is 203 Å². The lowest BCUT2D eigenvalue weighted by Gasteiger charge is -2.25. The molecule has 3 aromatic heterocycles. The van der Waals surface area contributed by atoms with Crippen LogP contribution < -0.4 is 21.9 Å². The molecule has 35 heavy (non-hydrogen) atoms. The summed E-state index contributed by atoms with van der Waals surface area (Å²) in [6.07, 6.45) is 8.91. The molecule has 4 aromatic rings. The molecule has 0 bridgehead atoms. The van der Waals surface area contributed by atoms with Crippen molar-refractivity contribution < 1.29 is 0 Å². The van der Waals surface area contributed by atoms with Gasteiger partial charge in [0.1, 0.15) is 0 Å². The summed E-state index contributed by atoms with van der Waals surface area (Å²) < 4.78 is 0. The van der Waals surface area contributed by atoms with Crippen molar-refractivity contribution >= 4 is 33.8 Å². The highest BCUT2D eigenvalue weighted by Crippen LogP contribution is 2.28. The molecule has 5 rings (SSSR count). The van der Waals surface area contributed by atoms with E-state index in [9.17, 15) is 4.79 Å². The summed E-state index contributed by atoms with van der Waals surface area (Å²) in [4.78, 5) is 31.5. The molecule has 180 valence electrons. The zero-order valence-corrected chi connectivity index (χ0v) is 19.8. The van der Waals surface area contributed by atoms with Gasteiger partial charge in [-0.1, -0.05) is 11.8 Å². The van der Waals surface area contributed by atoms with Crippen LogP contribution >= 0.6 is 0 Å². The van der Waals surface area contributed by atoms with Gasteiger partial charge in [0, 0.05) is 36.5 Å². The maximum atomic E-state index is 12.5. The average Bonchev–Trinajstić information content (AvgIpc) is 3.30. The van der Waals surface area contributed by atoms with Gasteiger partial charge in [-0.25, -0.2) is 9.97 Å². The van der Waals surface area contributed by atoms with Crippen LogP contribution in [0.1, 0.15) is 36.8 Å². The first kappa shape index (κ1) is 22.9. The molecule has 0 saturated heterocycles. The Kier molecular flexibility index (Phi) is 6.64. The average molecular weight is 471 g/mol. The molecular formula is C26H30N8O. The van der Waals surface area contributed by atoms with Crippen molar-refractivity contribution in [2.24, 2.45) is 11.8 Å². The number of hydrogen-bond donors (Lipinski definition) is 5. The Morgan fingerprint density at radius 3 is 2.80 bits per heavy atom. The number of H-pyrrole nitrogens is 2. The molecule has 0 amide bonds. The first-order valence-electron chi connectivity index (χ1n) is 12.1. The molecule has 6 N–H and O–H groups in total. The number of nitrogens with zero attached hydrogens (tertiary/aromatic N) is 3. The number of aromatic nitrogens is 5. The topological polar surface area (TPSA) is 137 Å². The number of nitrogens with one attached hydrogen (secondary N) is 4. The Balaban J connectivity index is 1.21. The van der Waals surface area contributed by atoms with Gasteiger partial charge in [0.15, 0.2) is 0 Å². The SMILES string of the molecule is CNc1nc2c(CCNCC3CCC(C#Cc4cccnc4)CC3)c3nc(N)[nH]c(=O)c3cc2[nH]1. The summed E-state index contributed by atoms with van der Waals surface area (Å²) in [5, 5.41) is 7.16. The number of imidazole rings is 1. The number of rotatable bonds is 6. The maximum Gasteiger partial charge on any atom is 0.260 e. The number of aromatic amines is 2. The minimum atomic E-state index is -0.243. The van der Waals surface area contributed by atoms with Crippen LogP contribution in [0.5, 0.6) is 0 Å². The van der Waals surface area contributed by atoms with Crippen molar-refractivity contribution in [3.8, 4) is 11.8 Å². The molecule has 1 aliphatic carbocycles. The van der Waals surface area contributed by atoms with Crippen molar-refractivity contribution in [1.29, 1.82) is 0 Å². The van der Waals surface area contributed by atoms with Gasteiger partial charge >= 0.3 is 0 Å². The largest absolute Gasteiger partial charge is 0.369 e. The smallest absolute Gasteiger partial charge is 0.260 e. The molecule has 3 heterocycles. The summed E-state index contributed by atoms with van der Waals surface area (Å²) in [6, 6.07) is 5.71. The number of anilines is 2. The van der Waals surface area contributed by atoms with Crippen LogP contribution in [0.2, 0.25) is 0 Å². The molecule has 9 heteroatoms. The van der Waals surface area contributed by atoms with Crippen LogP contribution in [0.3, 0.4) is 0 Å². The minimum absolute atomic E-state index is 0.115. The van der Waals surface area contributed by atoms with E-state index in [0.29, 0.717) is 35.1 Å². The van der Waals surface area contributed by atoms with Gasteiger partial charge in [-0.15, -0.1) is 0 Å². The Bertz CT molecular complexity index is 1440. The van der Waals surface area contributed by atoms with E-state index in [4.69, 9.17) is 5.73 Å². The number of fused-ring (bicyclic) bond motifs is 2. The van der Waals surface area contributed by atoms with Crippen LogP contribution in [0.4, 0.5) is 11.9 Å². The molecule has 1 saturated carbocycles. The Hall–Kier alpha value is -3.90. The van der Waals surface area contributed by atoms with Crippen molar-refractivity contribution in [2.45, 2.75) is 32.1 Å². The lowest BCUT2D eigenvalue weighted by molar-refractivity contribution is 0.306. The van der Waals surface area contributed by atoms with Crippen LogP contribution in [0.15, 0.2) is 35.4 Å². The van der Waals surface area contributed by atoms with E-state index in [0.717, 1.165) is 48.1 Å². The highest BCUT2D eigenvalue weighted by molar-refractivity contribution is 5.98. The fourth-order valence-electron chi connectivity index (χ4n) is 4.85. The van der Waals surface area contributed by atoms with Crippen LogP contribution in [0, 0.1) is 23.7 Å². The number of nitrogens with two attached hydrogens (primary N) is 1. The summed E-state index contributed by atoms with van der Waals surface area (Å²) in [5.41, 5.74) is 9.75. The fraction of sp³-hybridized carbons (Fsp3) is 0.385. The molecule has 1 aromatic carbocycles. The number of pyridine rings is 1. The Morgan fingerprint density at radius 2 is 2.03 bits per heavy atom. The maximum absolute atomic E-state index is 12.5. The van der Waals surface area contributed by atoms with E-state index in [2.05, 4.69) is 47.4 Å². The second-order valence-electron chi connectivity index (χ2n) is 9.12. The molecule has 0 spiro atoms. The molecule has 0 unspecified atom stereocenters. The van der Waals surface area contributed by atoms with Crippen LogP contribution in [0.25, 0.3) is 21.9 Å². The van der Waals surface area contributed by atoms with Crippen molar-refractivity contribution in [3.63, 3.8) is 0 Å². The predicted molar refractivity (Wildman–Crippen MR) is 139 cm³/mol. The van der Waals surface area contributed by atoms with Crippen LogP contribution in [-0.4, -0.2) is 45.1 Å². The standard InChI is InChI=1S/C26H30N8O/c1-28-26-31-21-13-20-22(32-25(27)34-24(20)35)19(23(21)33-26)10-12-30-15-18-8-5-16(6-9-18)4-7-17-3-2-11-29-14-17/h2-3,11,13-14,16,18,30H,5-6,8-10,12,15H2,1H3,(H2,28,31,33)(H3,27,32,34,35). The molecule has 9 nitrogen and oxygen atoms in total. The van der Waals surface area contributed by atoms with E-state index >= 15 is 0 Å². The first-order valence-corrected chi connectivity index (χ1v) is 12.1. The summed E-state index contributed by atoms with van der Waals surface area (Å²) >= 11 is 0. The lowest BCUT2D eigenvalue weighted by Crippen LogP contribution is -2.28. The summed E-state index contributed by atoms with van der Waals surface area (Å²) in [7, 11) is 1.81. The third kappa shape index (κ3) is 5.12. The second kappa shape index (κ2) is 10.2. The zero-order valence-electron chi connectivity index (χ0n) is 19.8. The summed E-state index contributed by atoms with van der Waals surface area (Å²) in [6.45, 7) is 1.74. The van der Waals surface area contributed by atoms with E-state index in [1.165, 1.54) is 12.8 Å². The zero-order chi connectivity index (χ0) is 24.2. The van der Waals surface area contributed by atoms with Crippen LogP contribution in [-0.2, 0) is 6.42 Å². The fourth-order valence-corrected chi connectivity index (χ4v) is 4.85. The van der Waals surface area contributed by atoms with Gasteiger partial charge in [-0.3, -0.25) is 14.8 Å². The van der Waals surface area contributed by atoms with E-state index < -0.39 is 0 Å². The molecule has 0 atom stereocenters. The predicted octanol–water partition coefficient (Wildman–Crippen LogP) is 2.81. The molecule has 0 aliphatic heterocycles. The monoisotopic (exact) mass is 470 g/mol. The first-order chi connectivity index (χ1) is 17.1. The van der Waals surface area contributed by atoms with Crippen molar-refractivity contribution in [2.75, 3.05) is 31.2 Å². The molecule has 1 aliphatic rings. The van der Waals surface area contributed by atoms with Gasteiger partial charge in [0.25, 0.3) is 5.56 Å². The minimum Gasteiger partial charge on any atom is -0.369 e. The third-order valence-electron chi connectivity index (χ3n) is 6.72. The van der Waals surface area contributed by atoms with Crippen molar-refractivity contribution in [3.05, 3.63) is 52.1 Å². The van der Waals surface area contributed by atoms with Gasteiger partial charge in [-0.05, 0) is 69.3 Å². The quantitative estimate of drug-likeness (QED) is 0.216.